The molecule has 0 saturated heterocycles. The molecule has 24 heavy (non-hydrogen) atoms. The van der Waals surface area contributed by atoms with E-state index in [2.05, 4.69) is 26.5 Å². The van der Waals surface area contributed by atoms with Crippen molar-refractivity contribution in [2.45, 2.75) is 6.42 Å². The Hall–Kier alpha value is -2.87. The zero-order valence-electron chi connectivity index (χ0n) is 12.3. The fourth-order valence-corrected chi connectivity index (χ4v) is 2.08. The van der Waals surface area contributed by atoms with Crippen molar-refractivity contribution in [3.63, 3.8) is 0 Å². The zero-order valence-corrected chi connectivity index (χ0v) is 13.9. The number of Topliss-reactive ketones (excluding diaryl/α,β-unsaturated/α-hetero) is 1. The van der Waals surface area contributed by atoms with Crippen LogP contribution in [0.25, 0.3) is 0 Å². The molecule has 0 bridgehead atoms. The second-order valence-corrected chi connectivity index (χ2v) is 5.61. The van der Waals surface area contributed by atoms with Crippen LogP contribution in [0.1, 0.15) is 27.1 Å². The number of hydrogen-bond acceptors (Lipinski definition) is 5. The van der Waals surface area contributed by atoms with E-state index in [0.29, 0.717) is 5.56 Å². The lowest BCUT2D eigenvalue weighted by Crippen LogP contribution is -2.17. The van der Waals surface area contributed by atoms with Crippen molar-refractivity contribution in [3.8, 4) is 0 Å². The lowest BCUT2D eigenvalue weighted by atomic mass is 10.1. The van der Waals surface area contributed by atoms with Gasteiger partial charge in [0.05, 0.1) is 4.92 Å². The van der Waals surface area contributed by atoms with Gasteiger partial charge >= 0.3 is 0 Å². The van der Waals surface area contributed by atoms with E-state index in [4.69, 9.17) is 0 Å². The number of amides is 1. The standard InChI is InChI=1S/C16H12BrN3O4/c17-13-6-4-11(5-7-13)15(21)8-9-18-19-16(22)12-2-1-3-14(10-12)20(23)24/h1-7,9-10H,8H2,(H,19,22). The molecule has 0 spiro atoms. The van der Waals surface area contributed by atoms with Crippen LogP contribution in [0.3, 0.4) is 0 Å². The van der Waals surface area contributed by atoms with E-state index in [1.54, 1.807) is 24.3 Å². The van der Waals surface area contributed by atoms with Gasteiger partial charge in [-0.15, -0.1) is 0 Å². The average Bonchev–Trinajstić information content (AvgIpc) is 2.59. The number of carbonyl (C=O) groups excluding carboxylic acids is 2. The van der Waals surface area contributed by atoms with E-state index < -0.39 is 10.8 Å². The van der Waals surface area contributed by atoms with Gasteiger partial charge in [0.25, 0.3) is 11.6 Å². The zero-order chi connectivity index (χ0) is 17.5. The third kappa shape index (κ3) is 4.82. The summed E-state index contributed by atoms with van der Waals surface area (Å²) in [5.74, 6) is -0.734. The normalized spacial score (nSPS) is 10.5. The summed E-state index contributed by atoms with van der Waals surface area (Å²) < 4.78 is 0.872. The summed E-state index contributed by atoms with van der Waals surface area (Å²) in [5, 5.41) is 14.4. The number of ketones is 1. The maximum Gasteiger partial charge on any atom is 0.271 e. The summed E-state index contributed by atoms with van der Waals surface area (Å²) in [6.45, 7) is 0. The Morgan fingerprint density at radius 2 is 1.88 bits per heavy atom. The number of nitrogens with zero attached hydrogens (tertiary/aromatic N) is 2. The fourth-order valence-electron chi connectivity index (χ4n) is 1.81. The Kier molecular flexibility index (Phi) is 5.91. The third-order valence-electron chi connectivity index (χ3n) is 3.02. The molecule has 0 aliphatic rings. The number of non-ortho nitro benzene ring substituents is 1. The quantitative estimate of drug-likeness (QED) is 0.354. The molecule has 7 nitrogen and oxygen atoms in total. The van der Waals surface area contributed by atoms with Crippen molar-refractivity contribution in [1.82, 2.24) is 5.43 Å². The summed E-state index contributed by atoms with van der Waals surface area (Å²) in [7, 11) is 0. The average molecular weight is 390 g/mol. The molecule has 2 aromatic carbocycles. The molecular weight excluding hydrogens is 378 g/mol. The number of carbonyl (C=O) groups is 2. The Balaban J connectivity index is 1.90. The minimum absolute atomic E-state index is 0.0247. The molecule has 0 aromatic heterocycles. The second-order valence-electron chi connectivity index (χ2n) is 4.69. The summed E-state index contributed by atoms with van der Waals surface area (Å²) in [4.78, 5) is 33.8. The van der Waals surface area contributed by atoms with Gasteiger partial charge in [0.2, 0.25) is 0 Å². The van der Waals surface area contributed by atoms with E-state index in [9.17, 15) is 19.7 Å². The van der Waals surface area contributed by atoms with Gasteiger partial charge in [-0.2, -0.15) is 5.10 Å². The molecule has 122 valence electrons. The number of nitro groups is 1. The predicted octanol–water partition coefficient (Wildman–Crippen LogP) is 3.35. The van der Waals surface area contributed by atoms with Gasteiger partial charge in [-0.3, -0.25) is 19.7 Å². The molecule has 0 unspecified atom stereocenters. The first-order chi connectivity index (χ1) is 11.5. The summed E-state index contributed by atoms with van der Waals surface area (Å²) in [5.41, 5.74) is 2.69. The van der Waals surface area contributed by atoms with E-state index >= 15 is 0 Å². The van der Waals surface area contributed by atoms with Crippen LogP contribution < -0.4 is 5.43 Å². The first kappa shape index (κ1) is 17.5. The Labute approximate surface area is 145 Å². The number of rotatable bonds is 6. The molecular formula is C16H12BrN3O4. The number of benzene rings is 2. The van der Waals surface area contributed by atoms with Gasteiger partial charge in [-0.05, 0) is 18.2 Å². The molecule has 0 radical (unpaired) electrons. The van der Waals surface area contributed by atoms with Crippen LogP contribution in [0.4, 0.5) is 5.69 Å². The summed E-state index contributed by atoms with van der Waals surface area (Å²) in [6.07, 6.45) is 1.30. The van der Waals surface area contributed by atoms with E-state index in [-0.39, 0.29) is 23.5 Å². The number of nitro benzene ring substituents is 1. The SMILES string of the molecule is O=C(CC=NNC(=O)c1cccc([N+](=O)[O-])c1)c1ccc(Br)cc1. The highest BCUT2D eigenvalue weighted by molar-refractivity contribution is 9.10. The van der Waals surface area contributed by atoms with Crippen LogP contribution in [-0.4, -0.2) is 22.8 Å². The predicted molar refractivity (Wildman–Crippen MR) is 92.1 cm³/mol. The molecule has 2 aromatic rings. The van der Waals surface area contributed by atoms with Crippen LogP contribution in [0.5, 0.6) is 0 Å². The maximum atomic E-state index is 11.9. The lowest BCUT2D eigenvalue weighted by Gasteiger charge is -2.00. The van der Waals surface area contributed by atoms with E-state index in [0.717, 1.165) is 10.5 Å². The van der Waals surface area contributed by atoms with Crippen molar-refractivity contribution in [3.05, 3.63) is 74.2 Å². The highest BCUT2D eigenvalue weighted by atomic mass is 79.9. The molecule has 0 aliphatic heterocycles. The molecule has 0 fully saturated rings. The topological polar surface area (TPSA) is 102 Å². The minimum Gasteiger partial charge on any atom is -0.294 e. The van der Waals surface area contributed by atoms with Crippen LogP contribution >= 0.6 is 15.9 Å². The second kappa shape index (κ2) is 8.11. The lowest BCUT2D eigenvalue weighted by molar-refractivity contribution is -0.384. The number of hydrazone groups is 1. The van der Waals surface area contributed by atoms with Gasteiger partial charge in [0.15, 0.2) is 5.78 Å². The number of halogens is 1. The highest BCUT2D eigenvalue weighted by Crippen LogP contribution is 2.13. The largest absolute Gasteiger partial charge is 0.294 e. The van der Waals surface area contributed by atoms with Gasteiger partial charge in [0, 0.05) is 40.4 Å². The molecule has 1 amide bonds. The van der Waals surface area contributed by atoms with Crippen molar-refractivity contribution in [1.29, 1.82) is 0 Å². The Morgan fingerprint density at radius 3 is 2.54 bits per heavy atom. The summed E-state index contributed by atoms with van der Waals surface area (Å²) >= 11 is 3.28. The van der Waals surface area contributed by atoms with Crippen molar-refractivity contribution in [2.24, 2.45) is 5.10 Å². The Bertz CT molecular complexity index is 803. The van der Waals surface area contributed by atoms with Crippen LogP contribution in [0, 0.1) is 10.1 Å². The molecule has 0 saturated carbocycles. The monoisotopic (exact) mass is 389 g/mol. The molecule has 8 heteroatoms. The third-order valence-corrected chi connectivity index (χ3v) is 3.55. The molecule has 2 rings (SSSR count). The minimum atomic E-state index is -0.592. The Morgan fingerprint density at radius 1 is 1.17 bits per heavy atom. The van der Waals surface area contributed by atoms with Crippen LogP contribution in [0.15, 0.2) is 58.1 Å². The first-order valence-electron chi connectivity index (χ1n) is 6.82. The first-order valence-corrected chi connectivity index (χ1v) is 7.62. The van der Waals surface area contributed by atoms with Crippen LogP contribution in [-0.2, 0) is 0 Å². The molecule has 0 atom stereocenters. The highest BCUT2D eigenvalue weighted by Gasteiger charge is 2.10. The van der Waals surface area contributed by atoms with E-state index in [1.165, 1.54) is 24.4 Å². The van der Waals surface area contributed by atoms with Gasteiger partial charge in [-0.1, -0.05) is 34.1 Å². The van der Waals surface area contributed by atoms with E-state index in [1.807, 2.05) is 0 Å². The fraction of sp³-hybridized carbons (Fsp3) is 0.0625. The molecule has 0 aliphatic carbocycles. The van der Waals surface area contributed by atoms with Crippen molar-refractivity contribution < 1.29 is 14.5 Å². The summed E-state index contributed by atoms with van der Waals surface area (Å²) in [6, 6.07) is 12.2. The number of nitrogens with one attached hydrogen (secondary N) is 1. The number of hydrogen-bond donors (Lipinski definition) is 1. The van der Waals surface area contributed by atoms with Gasteiger partial charge < -0.3 is 0 Å². The van der Waals surface area contributed by atoms with Gasteiger partial charge in [-0.25, -0.2) is 5.43 Å². The van der Waals surface area contributed by atoms with Crippen LogP contribution in [0.2, 0.25) is 0 Å². The van der Waals surface area contributed by atoms with Gasteiger partial charge in [0.1, 0.15) is 0 Å². The smallest absolute Gasteiger partial charge is 0.271 e. The molecule has 1 N–H and O–H groups in total. The molecule has 0 heterocycles. The van der Waals surface area contributed by atoms with Crippen molar-refractivity contribution in [2.75, 3.05) is 0 Å². The maximum absolute atomic E-state index is 11.9. The van der Waals surface area contributed by atoms with Crippen molar-refractivity contribution >= 4 is 39.5 Å².